The highest BCUT2D eigenvalue weighted by Crippen LogP contribution is 2.58. The van der Waals surface area contributed by atoms with E-state index in [0.29, 0.717) is 22.9 Å². The Bertz CT molecular complexity index is 1020. The van der Waals surface area contributed by atoms with Gasteiger partial charge in [0.2, 0.25) is 0 Å². The fraction of sp³-hybridized carbons (Fsp3) is 0.462. The highest BCUT2D eigenvalue weighted by Gasteiger charge is 2.52. The molecule has 1 aromatic rings. The van der Waals surface area contributed by atoms with Crippen molar-refractivity contribution in [3.63, 3.8) is 0 Å². The molecule has 8 nitrogen and oxygen atoms in total. The van der Waals surface area contributed by atoms with Gasteiger partial charge in [0.1, 0.15) is 17.4 Å². The van der Waals surface area contributed by atoms with Crippen LogP contribution in [-0.2, 0) is 19.2 Å². The van der Waals surface area contributed by atoms with E-state index in [0.717, 1.165) is 25.7 Å². The van der Waals surface area contributed by atoms with E-state index >= 15 is 0 Å². The van der Waals surface area contributed by atoms with Crippen LogP contribution in [0.25, 0.3) is 0 Å². The van der Waals surface area contributed by atoms with Gasteiger partial charge in [0, 0.05) is 24.2 Å². The van der Waals surface area contributed by atoms with Crippen molar-refractivity contribution in [2.45, 2.75) is 67.8 Å². The summed E-state index contributed by atoms with van der Waals surface area (Å²) >= 11 is 2.54. The number of fused-ring (bicyclic) bond motifs is 1. The first-order chi connectivity index (χ1) is 17.1. The lowest BCUT2D eigenvalue weighted by molar-refractivity contribution is -0.147. The van der Waals surface area contributed by atoms with Gasteiger partial charge in [-0.15, -0.1) is 23.5 Å². The van der Waals surface area contributed by atoms with Gasteiger partial charge in [0.05, 0.1) is 14.4 Å². The lowest BCUT2D eigenvalue weighted by atomic mass is 10.1. The van der Waals surface area contributed by atoms with Crippen LogP contribution >= 0.6 is 23.5 Å². The maximum atomic E-state index is 13.5. The molecule has 0 atom stereocenters. The van der Waals surface area contributed by atoms with Gasteiger partial charge in [-0.2, -0.15) is 0 Å². The maximum absolute atomic E-state index is 13.5. The first kappa shape index (κ1) is 27.9. The zero-order chi connectivity index (χ0) is 26.6. The average Bonchev–Trinajstić information content (AvgIpc) is 3.36. The molecule has 1 saturated heterocycles. The molecule has 0 unspecified atom stereocenters. The van der Waals surface area contributed by atoms with Crippen molar-refractivity contribution in [1.82, 2.24) is 10.0 Å². The number of rotatable bonds is 11. The van der Waals surface area contributed by atoms with Crippen LogP contribution in [0, 0.1) is 5.92 Å². The molecule has 0 N–H and O–H groups in total. The van der Waals surface area contributed by atoms with Crippen molar-refractivity contribution in [3.05, 3.63) is 36.4 Å². The van der Waals surface area contributed by atoms with Gasteiger partial charge in [0.15, 0.2) is 0 Å². The minimum Gasteiger partial charge on any atom is -0.422 e. The number of unbranched alkanes of at least 4 members (excludes halogenated alkanes) is 2. The summed E-state index contributed by atoms with van der Waals surface area (Å²) in [5, 5.41) is 3.17. The standard InChI is InChI=1S/C26H32N2O6S2/c1-7-9-13-27-22(29)19(23(30)28(27)14-10-8-2)26-35-20-17(33-24(31)15(3)4)11-12-18(21(20)36-26)34-25(32)16(5)6/h11-12,19,26H,3,5,7-10,13-14H2,1-2,4,6H3. The van der Waals surface area contributed by atoms with Gasteiger partial charge in [0.25, 0.3) is 11.8 Å². The highest BCUT2D eigenvalue weighted by molar-refractivity contribution is 8.19. The Hall–Kier alpha value is -2.72. The summed E-state index contributed by atoms with van der Waals surface area (Å²) in [5.74, 6) is -2.04. The third-order valence-electron chi connectivity index (χ3n) is 5.66. The van der Waals surface area contributed by atoms with Crippen molar-refractivity contribution >= 4 is 47.3 Å². The first-order valence-corrected chi connectivity index (χ1v) is 13.7. The van der Waals surface area contributed by atoms with Gasteiger partial charge >= 0.3 is 11.9 Å². The third kappa shape index (κ3) is 5.81. The van der Waals surface area contributed by atoms with Crippen LogP contribution in [0.5, 0.6) is 11.5 Å². The molecule has 1 aromatic carbocycles. The minimum absolute atomic E-state index is 0.230. The first-order valence-electron chi connectivity index (χ1n) is 12.0. The molecule has 194 valence electrons. The number of nitrogens with zero attached hydrogens (tertiary/aromatic N) is 2. The minimum atomic E-state index is -0.907. The normalized spacial score (nSPS) is 15.9. The van der Waals surface area contributed by atoms with Crippen LogP contribution in [0.2, 0.25) is 0 Å². The molecule has 10 heteroatoms. The molecule has 0 radical (unpaired) electrons. The van der Waals surface area contributed by atoms with Gasteiger partial charge in [-0.3, -0.25) is 19.6 Å². The number of carbonyl (C=O) groups is 4. The number of esters is 2. The summed E-state index contributed by atoms with van der Waals surface area (Å²) in [6.45, 7) is 15.4. The van der Waals surface area contributed by atoms with E-state index in [1.54, 1.807) is 23.9 Å². The summed E-state index contributed by atoms with van der Waals surface area (Å²) in [6, 6.07) is 3.08. The van der Waals surface area contributed by atoms with Crippen LogP contribution in [0.4, 0.5) is 0 Å². The van der Waals surface area contributed by atoms with Crippen LogP contribution in [0.15, 0.2) is 46.2 Å². The molecular formula is C26H32N2O6S2. The topological polar surface area (TPSA) is 93.2 Å². The Morgan fingerprint density at radius 1 is 0.833 bits per heavy atom. The smallest absolute Gasteiger partial charge is 0.338 e. The van der Waals surface area contributed by atoms with Crippen LogP contribution in [-0.4, -0.2) is 51.4 Å². The number of carbonyl (C=O) groups excluding carboxylic acids is 4. The van der Waals surface area contributed by atoms with E-state index in [-0.39, 0.29) is 34.5 Å². The Morgan fingerprint density at radius 3 is 1.56 bits per heavy atom. The zero-order valence-corrected chi connectivity index (χ0v) is 22.8. The Kier molecular flexibility index (Phi) is 9.30. The van der Waals surface area contributed by atoms with Crippen LogP contribution in [0.3, 0.4) is 0 Å². The van der Waals surface area contributed by atoms with Crippen molar-refractivity contribution in [2.75, 3.05) is 13.1 Å². The molecule has 36 heavy (non-hydrogen) atoms. The lowest BCUT2D eigenvalue weighted by Crippen LogP contribution is -2.42. The Labute approximate surface area is 220 Å². The molecule has 2 heterocycles. The van der Waals surface area contributed by atoms with E-state index in [9.17, 15) is 19.2 Å². The summed E-state index contributed by atoms with van der Waals surface area (Å²) in [4.78, 5) is 52.5. The summed E-state index contributed by atoms with van der Waals surface area (Å²) < 4.78 is 10.5. The Balaban J connectivity index is 1.95. The second kappa shape index (κ2) is 12.0. The summed E-state index contributed by atoms with van der Waals surface area (Å²) in [6.07, 6.45) is 3.39. The second-order valence-electron chi connectivity index (χ2n) is 8.77. The maximum Gasteiger partial charge on any atom is 0.338 e. The second-order valence-corrected chi connectivity index (χ2v) is 11.4. The van der Waals surface area contributed by atoms with Crippen molar-refractivity contribution in [1.29, 1.82) is 0 Å². The molecule has 0 spiro atoms. The Morgan fingerprint density at radius 2 is 1.22 bits per heavy atom. The van der Waals surface area contributed by atoms with Gasteiger partial charge in [-0.1, -0.05) is 39.8 Å². The molecule has 0 aromatic heterocycles. The van der Waals surface area contributed by atoms with Gasteiger partial charge < -0.3 is 9.47 Å². The molecule has 1 fully saturated rings. The molecule has 2 aliphatic heterocycles. The quantitative estimate of drug-likeness (QED) is 0.171. The molecule has 3 rings (SSSR count). The van der Waals surface area contributed by atoms with E-state index in [4.69, 9.17) is 9.47 Å². The fourth-order valence-corrected chi connectivity index (χ4v) is 6.78. The monoisotopic (exact) mass is 532 g/mol. The van der Waals surface area contributed by atoms with Crippen molar-refractivity contribution < 1.29 is 28.7 Å². The van der Waals surface area contributed by atoms with Crippen molar-refractivity contribution in [2.24, 2.45) is 5.92 Å². The van der Waals surface area contributed by atoms with E-state index in [1.165, 1.54) is 35.7 Å². The van der Waals surface area contributed by atoms with Gasteiger partial charge in [-0.05, 0) is 38.8 Å². The van der Waals surface area contributed by atoms with E-state index in [1.807, 2.05) is 13.8 Å². The third-order valence-corrected chi connectivity index (χ3v) is 8.66. The van der Waals surface area contributed by atoms with E-state index < -0.39 is 22.4 Å². The summed E-state index contributed by atoms with van der Waals surface area (Å²) in [5.41, 5.74) is 0.459. The number of hydrazine groups is 1. The average molecular weight is 533 g/mol. The number of benzene rings is 1. The number of ether oxygens (including phenoxy) is 2. The zero-order valence-electron chi connectivity index (χ0n) is 21.1. The van der Waals surface area contributed by atoms with E-state index in [2.05, 4.69) is 13.2 Å². The van der Waals surface area contributed by atoms with Crippen LogP contribution in [0.1, 0.15) is 53.4 Å². The number of amides is 2. The number of hydrogen-bond donors (Lipinski definition) is 0. The lowest BCUT2D eigenvalue weighted by Gasteiger charge is -2.27. The number of hydrogen-bond acceptors (Lipinski definition) is 8. The molecule has 2 amide bonds. The molecule has 2 aliphatic rings. The predicted molar refractivity (Wildman–Crippen MR) is 140 cm³/mol. The predicted octanol–water partition coefficient (Wildman–Crippen LogP) is 4.98. The number of thioether (sulfide) groups is 2. The molecular weight excluding hydrogens is 500 g/mol. The summed E-state index contributed by atoms with van der Waals surface area (Å²) in [7, 11) is 0. The largest absolute Gasteiger partial charge is 0.422 e. The van der Waals surface area contributed by atoms with Crippen LogP contribution < -0.4 is 9.47 Å². The molecule has 0 bridgehead atoms. The molecule has 0 saturated carbocycles. The highest BCUT2D eigenvalue weighted by atomic mass is 32.2. The van der Waals surface area contributed by atoms with Crippen molar-refractivity contribution in [3.8, 4) is 11.5 Å². The fourth-order valence-electron chi connectivity index (χ4n) is 3.65. The molecule has 0 aliphatic carbocycles. The SMILES string of the molecule is C=C(C)C(=O)Oc1ccc(OC(=O)C(=C)C)c2c1SC(C1C(=O)N(CCCC)N(CCCC)C1=O)S2. The van der Waals surface area contributed by atoms with Gasteiger partial charge in [-0.25, -0.2) is 9.59 Å².